The molecule has 0 radical (unpaired) electrons. The van der Waals surface area contributed by atoms with Gasteiger partial charge in [0, 0.05) is 44.8 Å². The van der Waals surface area contributed by atoms with E-state index in [2.05, 4.69) is 30.5 Å². The number of anilines is 1. The largest absolute Gasteiger partial charge is 0.372 e. The summed E-state index contributed by atoms with van der Waals surface area (Å²) in [5, 5.41) is 6.01. The third-order valence-corrected chi connectivity index (χ3v) is 4.39. The minimum absolute atomic E-state index is 0.0712. The van der Waals surface area contributed by atoms with Gasteiger partial charge in [0.25, 0.3) is 5.91 Å². The Kier molecular flexibility index (Phi) is 5.43. The number of imidazole rings is 1. The van der Waals surface area contributed by atoms with E-state index < -0.39 is 0 Å². The Labute approximate surface area is 141 Å². The number of piperidine rings is 1. The lowest BCUT2D eigenvalue weighted by atomic mass is 9.97. The molecule has 0 aromatic carbocycles. The Morgan fingerprint density at radius 2 is 2.42 bits per heavy atom. The van der Waals surface area contributed by atoms with E-state index in [4.69, 9.17) is 0 Å². The summed E-state index contributed by atoms with van der Waals surface area (Å²) in [6.07, 6.45) is 7.56. The number of hydrogen-bond acceptors (Lipinski definition) is 5. The van der Waals surface area contributed by atoms with Crippen molar-refractivity contribution < 1.29 is 4.79 Å². The molecule has 3 heterocycles. The average Bonchev–Trinajstić information content (AvgIpc) is 3.13. The van der Waals surface area contributed by atoms with Crippen LogP contribution >= 0.6 is 0 Å². The maximum Gasteiger partial charge on any atom is 0.255 e. The number of H-pyrrole nitrogens is 1. The predicted octanol–water partition coefficient (Wildman–Crippen LogP) is 1.49. The van der Waals surface area contributed by atoms with Gasteiger partial charge in [-0.25, -0.2) is 9.97 Å². The van der Waals surface area contributed by atoms with Crippen molar-refractivity contribution in [2.24, 2.45) is 5.92 Å². The second kappa shape index (κ2) is 7.92. The quantitative estimate of drug-likeness (QED) is 0.748. The number of pyridine rings is 1. The molecule has 0 aliphatic carbocycles. The zero-order valence-electron chi connectivity index (χ0n) is 14.0. The molecular weight excluding hydrogens is 304 g/mol. The van der Waals surface area contributed by atoms with E-state index in [1.807, 2.05) is 6.20 Å². The van der Waals surface area contributed by atoms with Crippen LogP contribution in [-0.2, 0) is 6.54 Å². The number of carbonyl (C=O) groups excluding carboxylic acids is 1. The maximum absolute atomic E-state index is 12.4. The van der Waals surface area contributed by atoms with Crippen LogP contribution in [0.25, 0.3) is 0 Å². The van der Waals surface area contributed by atoms with Gasteiger partial charge in [-0.3, -0.25) is 9.69 Å². The zero-order valence-corrected chi connectivity index (χ0v) is 14.0. The van der Waals surface area contributed by atoms with Gasteiger partial charge in [-0.2, -0.15) is 0 Å². The Morgan fingerprint density at radius 3 is 3.21 bits per heavy atom. The molecule has 0 unspecified atom stereocenters. The summed E-state index contributed by atoms with van der Waals surface area (Å²) >= 11 is 0. The van der Waals surface area contributed by atoms with E-state index in [9.17, 15) is 4.79 Å². The number of nitrogens with zero attached hydrogens (tertiary/aromatic N) is 3. The lowest BCUT2D eigenvalue weighted by Gasteiger charge is -2.32. The standard InChI is InChI=1S/C17H24N6O/c1-18-16-15(5-2-6-20-16)17(24)21-8-13-4-3-7-23(10-13)11-14-9-19-12-22-14/h2,5-6,9,12-13H,3-4,7-8,10-11H2,1H3,(H,18,20)(H,19,22)(H,21,24)/t13-/m1/s1. The van der Waals surface area contributed by atoms with Crippen molar-refractivity contribution in [1.82, 2.24) is 25.2 Å². The van der Waals surface area contributed by atoms with Gasteiger partial charge in [0.2, 0.25) is 0 Å². The number of aromatic nitrogens is 3. The molecule has 128 valence electrons. The normalized spacial score (nSPS) is 18.3. The van der Waals surface area contributed by atoms with Crippen LogP contribution in [0.3, 0.4) is 0 Å². The van der Waals surface area contributed by atoms with Crippen molar-refractivity contribution in [3.05, 3.63) is 42.1 Å². The Balaban J connectivity index is 1.51. The highest BCUT2D eigenvalue weighted by molar-refractivity contribution is 5.98. The van der Waals surface area contributed by atoms with Gasteiger partial charge in [0.15, 0.2) is 0 Å². The fourth-order valence-electron chi connectivity index (χ4n) is 3.19. The first-order valence-corrected chi connectivity index (χ1v) is 8.37. The van der Waals surface area contributed by atoms with Gasteiger partial charge in [0.1, 0.15) is 5.82 Å². The molecule has 0 bridgehead atoms. The molecule has 1 atom stereocenters. The molecule has 2 aromatic rings. The van der Waals surface area contributed by atoms with Crippen LogP contribution < -0.4 is 10.6 Å². The summed E-state index contributed by atoms with van der Waals surface area (Å²) in [6, 6.07) is 3.57. The summed E-state index contributed by atoms with van der Waals surface area (Å²) in [7, 11) is 1.77. The fraction of sp³-hybridized carbons (Fsp3) is 0.471. The van der Waals surface area contributed by atoms with Gasteiger partial charge in [-0.1, -0.05) is 0 Å². The molecule has 2 aromatic heterocycles. The van der Waals surface area contributed by atoms with E-state index in [0.717, 1.165) is 38.2 Å². The Morgan fingerprint density at radius 1 is 1.50 bits per heavy atom. The number of nitrogens with one attached hydrogen (secondary N) is 3. The van der Waals surface area contributed by atoms with Crippen LogP contribution in [0.2, 0.25) is 0 Å². The summed E-state index contributed by atoms with van der Waals surface area (Å²) in [5.74, 6) is 1.01. The van der Waals surface area contributed by atoms with Crippen LogP contribution in [0, 0.1) is 5.92 Å². The molecule has 7 heteroatoms. The van der Waals surface area contributed by atoms with Crippen molar-refractivity contribution in [3.63, 3.8) is 0 Å². The van der Waals surface area contributed by atoms with Crippen molar-refractivity contribution in [2.75, 3.05) is 32.0 Å². The molecule has 1 aliphatic rings. The van der Waals surface area contributed by atoms with Crippen LogP contribution in [0.5, 0.6) is 0 Å². The van der Waals surface area contributed by atoms with Gasteiger partial charge in [-0.05, 0) is 37.4 Å². The first kappa shape index (κ1) is 16.4. The monoisotopic (exact) mass is 328 g/mol. The minimum Gasteiger partial charge on any atom is -0.372 e. The predicted molar refractivity (Wildman–Crippen MR) is 92.7 cm³/mol. The lowest BCUT2D eigenvalue weighted by molar-refractivity contribution is 0.0931. The number of amides is 1. The second-order valence-corrected chi connectivity index (χ2v) is 6.18. The molecule has 1 aliphatic heterocycles. The average molecular weight is 328 g/mol. The van der Waals surface area contributed by atoms with Gasteiger partial charge in [-0.15, -0.1) is 0 Å². The number of aromatic amines is 1. The highest BCUT2D eigenvalue weighted by atomic mass is 16.1. The molecule has 0 saturated carbocycles. The third-order valence-electron chi connectivity index (χ3n) is 4.39. The first-order valence-electron chi connectivity index (χ1n) is 8.37. The highest BCUT2D eigenvalue weighted by Gasteiger charge is 2.21. The zero-order chi connectivity index (χ0) is 16.8. The Hall–Kier alpha value is -2.41. The van der Waals surface area contributed by atoms with E-state index in [0.29, 0.717) is 23.8 Å². The third kappa shape index (κ3) is 4.11. The number of hydrogen-bond donors (Lipinski definition) is 3. The molecule has 24 heavy (non-hydrogen) atoms. The van der Waals surface area contributed by atoms with E-state index in [-0.39, 0.29) is 5.91 Å². The van der Waals surface area contributed by atoms with Crippen LogP contribution in [-0.4, -0.2) is 52.4 Å². The summed E-state index contributed by atoms with van der Waals surface area (Å²) in [6.45, 7) is 3.66. The topological polar surface area (TPSA) is 85.9 Å². The van der Waals surface area contributed by atoms with Crippen molar-refractivity contribution in [2.45, 2.75) is 19.4 Å². The van der Waals surface area contributed by atoms with Gasteiger partial charge >= 0.3 is 0 Å². The van der Waals surface area contributed by atoms with Crippen molar-refractivity contribution in [1.29, 1.82) is 0 Å². The highest BCUT2D eigenvalue weighted by Crippen LogP contribution is 2.18. The van der Waals surface area contributed by atoms with E-state index in [1.165, 1.54) is 0 Å². The summed E-state index contributed by atoms with van der Waals surface area (Å²) in [4.78, 5) is 26.2. The van der Waals surface area contributed by atoms with Crippen molar-refractivity contribution in [3.8, 4) is 0 Å². The van der Waals surface area contributed by atoms with E-state index in [1.54, 1.807) is 31.7 Å². The summed E-state index contributed by atoms with van der Waals surface area (Å²) in [5.41, 5.74) is 1.72. The molecule has 1 fully saturated rings. The Bertz CT molecular complexity index is 657. The molecule has 3 N–H and O–H groups in total. The SMILES string of the molecule is CNc1ncccc1C(=O)NC[C@H]1CCCN(Cc2cnc[nH]2)C1. The molecule has 0 spiro atoms. The second-order valence-electron chi connectivity index (χ2n) is 6.18. The van der Waals surface area contributed by atoms with Crippen LogP contribution in [0.1, 0.15) is 28.9 Å². The van der Waals surface area contributed by atoms with Gasteiger partial charge in [0.05, 0.1) is 11.9 Å². The molecular formula is C17H24N6O. The molecule has 1 amide bonds. The molecule has 1 saturated heterocycles. The molecule has 3 rings (SSSR count). The van der Waals surface area contributed by atoms with Crippen molar-refractivity contribution >= 4 is 11.7 Å². The smallest absolute Gasteiger partial charge is 0.255 e. The van der Waals surface area contributed by atoms with Crippen LogP contribution in [0.15, 0.2) is 30.9 Å². The van der Waals surface area contributed by atoms with Gasteiger partial charge < -0.3 is 15.6 Å². The lowest BCUT2D eigenvalue weighted by Crippen LogP contribution is -2.40. The first-order chi connectivity index (χ1) is 11.8. The number of carbonyl (C=O) groups is 1. The number of likely N-dealkylation sites (tertiary alicyclic amines) is 1. The fourth-order valence-corrected chi connectivity index (χ4v) is 3.19. The maximum atomic E-state index is 12.4. The summed E-state index contributed by atoms with van der Waals surface area (Å²) < 4.78 is 0. The number of rotatable bonds is 6. The van der Waals surface area contributed by atoms with E-state index >= 15 is 0 Å². The minimum atomic E-state index is -0.0712. The molecule has 7 nitrogen and oxygen atoms in total. The van der Waals surface area contributed by atoms with Crippen LogP contribution in [0.4, 0.5) is 5.82 Å².